The number of thioether (sulfide) groups is 1. The molecule has 3 rings (SSSR count). The van der Waals surface area contributed by atoms with Gasteiger partial charge in [-0.25, -0.2) is 4.79 Å². The van der Waals surface area contributed by atoms with E-state index in [-0.39, 0.29) is 21.6 Å². The molecule has 1 atom stereocenters. The number of carboxylic acids is 1. The van der Waals surface area contributed by atoms with Crippen molar-refractivity contribution in [3.63, 3.8) is 0 Å². The zero-order chi connectivity index (χ0) is 15.0. The third-order valence-electron chi connectivity index (χ3n) is 4.38. The molecular formula is C16H19NO3S. The Morgan fingerprint density at radius 2 is 1.86 bits per heavy atom. The van der Waals surface area contributed by atoms with Gasteiger partial charge in [0.2, 0.25) is 5.91 Å². The fourth-order valence-electron chi connectivity index (χ4n) is 3.38. The maximum Gasteiger partial charge on any atom is 0.335 e. The first kappa shape index (κ1) is 14.4. The van der Waals surface area contributed by atoms with E-state index in [1.807, 2.05) is 11.8 Å². The van der Waals surface area contributed by atoms with E-state index in [9.17, 15) is 9.59 Å². The van der Waals surface area contributed by atoms with Gasteiger partial charge in [0.25, 0.3) is 0 Å². The van der Waals surface area contributed by atoms with Gasteiger partial charge in [0.1, 0.15) is 0 Å². The van der Waals surface area contributed by atoms with Crippen LogP contribution >= 0.6 is 11.8 Å². The van der Waals surface area contributed by atoms with Crippen molar-refractivity contribution in [3.8, 4) is 0 Å². The van der Waals surface area contributed by atoms with Crippen molar-refractivity contribution in [2.45, 2.75) is 49.1 Å². The first-order valence-corrected chi connectivity index (χ1v) is 8.27. The van der Waals surface area contributed by atoms with E-state index in [1.165, 1.54) is 6.42 Å². The molecule has 2 aliphatic rings. The number of nitrogens with zero attached hydrogens (tertiary/aromatic N) is 1. The molecule has 1 aromatic carbocycles. The van der Waals surface area contributed by atoms with Gasteiger partial charge in [-0.15, -0.1) is 11.8 Å². The molecule has 1 N–H and O–H groups in total. The fraction of sp³-hybridized carbons (Fsp3) is 0.500. The molecule has 112 valence electrons. The molecule has 21 heavy (non-hydrogen) atoms. The van der Waals surface area contributed by atoms with E-state index in [0.717, 1.165) is 31.4 Å². The van der Waals surface area contributed by atoms with Crippen molar-refractivity contribution in [1.82, 2.24) is 0 Å². The molecule has 5 heteroatoms. The number of carboxylic acid groups (broad SMARTS) is 1. The Labute approximate surface area is 128 Å². The maximum absolute atomic E-state index is 12.6. The SMILES string of the molecule is CC1SC2(CCCCC2)N(c2ccc(C(=O)O)cc2)C1=O. The van der Waals surface area contributed by atoms with Crippen LogP contribution in [0.25, 0.3) is 0 Å². The maximum atomic E-state index is 12.6. The highest BCUT2D eigenvalue weighted by atomic mass is 32.2. The zero-order valence-electron chi connectivity index (χ0n) is 12.0. The van der Waals surface area contributed by atoms with Crippen molar-refractivity contribution in [3.05, 3.63) is 29.8 Å². The van der Waals surface area contributed by atoms with Crippen LogP contribution < -0.4 is 4.90 Å². The Morgan fingerprint density at radius 1 is 1.24 bits per heavy atom. The molecule has 4 nitrogen and oxygen atoms in total. The summed E-state index contributed by atoms with van der Waals surface area (Å²) in [5.41, 5.74) is 1.08. The number of aromatic carboxylic acids is 1. The summed E-state index contributed by atoms with van der Waals surface area (Å²) in [4.78, 5) is 25.3. The summed E-state index contributed by atoms with van der Waals surface area (Å²) in [7, 11) is 0. The highest BCUT2D eigenvalue weighted by Crippen LogP contribution is 2.51. The molecule has 1 spiro atoms. The summed E-state index contributed by atoms with van der Waals surface area (Å²) < 4.78 is 0. The minimum Gasteiger partial charge on any atom is -0.478 e. The van der Waals surface area contributed by atoms with E-state index in [4.69, 9.17) is 5.11 Å². The predicted molar refractivity (Wildman–Crippen MR) is 83.8 cm³/mol. The van der Waals surface area contributed by atoms with Crippen LogP contribution in [0.1, 0.15) is 49.4 Å². The standard InChI is InChI=1S/C16H19NO3S/c1-11-14(18)17(16(21-11)9-3-2-4-10-16)13-7-5-12(6-8-13)15(19)20/h5-8,11H,2-4,9-10H2,1H3,(H,19,20). The lowest BCUT2D eigenvalue weighted by molar-refractivity contribution is -0.117. The van der Waals surface area contributed by atoms with E-state index >= 15 is 0 Å². The summed E-state index contributed by atoms with van der Waals surface area (Å²) >= 11 is 1.77. The monoisotopic (exact) mass is 305 g/mol. The third-order valence-corrected chi connectivity index (χ3v) is 5.96. The average Bonchev–Trinajstić information content (AvgIpc) is 2.71. The van der Waals surface area contributed by atoms with Gasteiger partial charge in [-0.05, 0) is 44.0 Å². The lowest BCUT2D eigenvalue weighted by atomic mass is 9.92. The molecule has 1 aliphatic carbocycles. The van der Waals surface area contributed by atoms with E-state index < -0.39 is 5.97 Å². The highest BCUT2D eigenvalue weighted by molar-refractivity contribution is 8.02. The molecule has 1 unspecified atom stereocenters. The van der Waals surface area contributed by atoms with Crippen molar-refractivity contribution >= 4 is 29.3 Å². The Bertz CT molecular complexity index is 563. The summed E-state index contributed by atoms with van der Waals surface area (Å²) in [6, 6.07) is 6.68. The van der Waals surface area contributed by atoms with Crippen LogP contribution in [0.5, 0.6) is 0 Å². The van der Waals surface area contributed by atoms with Crippen LogP contribution in [0.15, 0.2) is 24.3 Å². The smallest absolute Gasteiger partial charge is 0.335 e. The van der Waals surface area contributed by atoms with Crippen LogP contribution in [0.3, 0.4) is 0 Å². The lowest BCUT2D eigenvalue weighted by Gasteiger charge is -2.40. The zero-order valence-corrected chi connectivity index (χ0v) is 12.9. The van der Waals surface area contributed by atoms with Crippen molar-refractivity contribution < 1.29 is 14.7 Å². The highest BCUT2D eigenvalue weighted by Gasteiger charge is 2.50. The largest absolute Gasteiger partial charge is 0.478 e. The van der Waals surface area contributed by atoms with Crippen molar-refractivity contribution in [2.24, 2.45) is 0 Å². The number of carbonyl (C=O) groups is 2. The van der Waals surface area contributed by atoms with Gasteiger partial charge in [0, 0.05) is 5.69 Å². The van der Waals surface area contributed by atoms with Crippen LogP contribution in [0.2, 0.25) is 0 Å². The van der Waals surface area contributed by atoms with Crippen LogP contribution in [-0.2, 0) is 4.79 Å². The minimum absolute atomic E-state index is 0.0257. The molecule has 1 heterocycles. The Balaban J connectivity index is 1.96. The van der Waals surface area contributed by atoms with E-state index in [2.05, 4.69) is 0 Å². The Hall–Kier alpha value is -1.49. The number of anilines is 1. The number of hydrogen-bond donors (Lipinski definition) is 1. The topological polar surface area (TPSA) is 57.6 Å². The van der Waals surface area contributed by atoms with E-state index in [0.29, 0.717) is 0 Å². The van der Waals surface area contributed by atoms with Crippen LogP contribution in [0, 0.1) is 0 Å². The van der Waals surface area contributed by atoms with Crippen LogP contribution in [0.4, 0.5) is 5.69 Å². The van der Waals surface area contributed by atoms with Gasteiger partial charge in [0.05, 0.1) is 15.7 Å². The van der Waals surface area contributed by atoms with Gasteiger partial charge in [-0.3, -0.25) is 9.69 Å². The molecule has 1 saturated carbocycles. The number of rotatable bonds is 2. The summed E-state index contributed by atoms with van der Waals surface area (Å²) in [5, 5.41) is 8.97. The first-order chi connectivity index (χ1) is 10.0. The van der Waals surface area contributed by atoms with E-state index in [1.54, 1.807) is 36.0 Å². The molecule has 0 aromatic heterocycles. The number of amides is 1. The first-order valence-electron chi connectivity index (χ1n) is 7.39. The van der Waals surface area contributed by atoms with Gasteiger partial charge >= 0.3 is 5.97 Å². The summed E-state index contributed by atoms with van der Waals surface area (Å²) in [6.45, 7) is 1.97. The molecule has 2 fully saturated rings. The summed E-state index contributed by atoms with van der Waals surface area (Å²) in [6.07, 6.45) is 5.58. The molecule has 1 amide bonds. The number of carbonyl (C=O) groups excluding carboxylic acids is 1. The molecule has 1 aliphatic heterocycles. The van der Waals surface area contributed by atoms with Gasteiger partial charge in [-0.2, -0.15) is 0 Å². The average molecular weight is 305 g/mol. The second kappa shape index (κ2) is 5.37. The molecule has 0 radical (unpaired) electrons. The quantitative estimate of drug-likeness (QED) is 0.908. The fourth-order valence-corrected chi connectivity index (χ4v) is 5.07. The molecule has 1 saturated heterocycles. The normalized spacial score (nSPS) is 24.5. The van der Waals surface area contributed by atoms with Crippen molar-refractivity contribution in [1.29, 1.82) is 0 Å². The van der Waals surface area contributed by atoms with Gasteiger partial charge in [0.15, 0.2) is 0 Å². The van der Waals surface area contributed by atoms with Gasteiger partial charge in [-0.1, -0.05) is 19.3 Å². The number of hydrogen-bond acceptors (Lipinski definition) is 3. The van der Waals surface area contributed by atoms with Crippen molar-refractivity contribution in [2.75, 3.05) is 4.90 Å². The lowest BCUT2D eigenvalue weighted by Crippen LogP contribution is -2.46. The third kappa shape index (κ3) is 2.44. The Morgan fingerprint density at radius 3 is 2.43 bits per heavy atom. The van der Waals surface area contributed by atoms with Crippen LogP contribution in [-0.4, -0.2) is 27.1 Å². The minimum atomic E-state index is -0.940. The molecule has 1 aromatic rings. The summed E-state index contributed by atoms with van der Waals surface area (Å²) in [5.74, 6) is -0.797. The molecular weight excluding hydrogens is 286 g/mol. The number of benzene rings is 1. The molecule has 0 bridgehead atoms. The second-order valence-electron chi connectivity index (χ2n) is 5.79. The Kier molecular flexibility index (Phi) is 3.69. The predicted octanol–water partition coefficient (Wildman–Crippen LogP) is 3.51. The second-order valence-corrected chi connectivity index (χ2v) is 7.50. The van der Waals surface area contributed by atoms with Gasteiger partial charge < -0.3 is 5.11 Å².